The molecular formula is C8H7ClN2S. The fraction of sp³-hybridized carbons (Fsp3) is 0.250. The number of pyridine rings is 1. The molecular weight excluding hydrogens is 192 g/mol. The lowest BCUT2D eigenvalue weighted by atomic mass is 10.3. The summed E-state index contributed by atoms with van der Waals surface area (Å²) in [6.07, 6.45) is 3.30. The second kappa shape index (κ2) is 5.02. The number of hydrogen-bond donors (Lipinski definition) is 0. The maximum atomic E-state index is 8.69. The van der Waals surface area contributed by atoms with Crippen LogP contribution < -0.4 is 0 Å². The van der Waals surface area contributed by atoms with E-state index in [2.05, 4.69) is 11.1 Å². The zero-order valence-corrected chi connectivity index (χ0v) is 7.90. The van der Waals surface area contributed by atoms with Crippen molar-refractivity contribution in [1.82, 2.24) is 4.98 Å². The fourth-order valence-corrected chi connectivity index (χ4v) is 1.67. The smallest absolute Gasteiger partial charge is 0.100 e. The van der Waals surface area contributed by atoms with Crippen LogP contribution in [0.1, 0.15) is 5.56 Å². The Hall–Kier alpha value is -0.720. The molecule has 0 unspecified atom stereocenters. The van der Waals surface area contributed by atoms with Crippen molar-refractivity contribution in [2.75, 3.05) is 11.6 Å². The standard InChI is InChI=1S/C8H7ClN2S/c9-2-4-12-8-6-11-3-1-7(8)5-10/h1,3,6H,2,4H2. The van der Waals surface area contributed by atoms with Crippen molar-refractivity contribution in [2.24, 2.45) is 0 Å². The Morgan fingerprint density at radius 3 is 3.17 bits per heavy atom. The van der Waals surface area contributed by atoms with E-state index in [1.165, 1.54) is 0 Å². The van der Waals surface area contributed by atoms with Crippen molar-refractivity contribution in [3.05, 3.63) is 24.0 Å². The van der Waals surface area contributed by atoms with Gasteiger partial charge in [0.1, 0.15) is 6.07 Å². The molecule has 0 aliphatic rings. The van der Waals surface area contributed by atoms with E-state index in [1.54, 1.807) is 30.2 Å². The highest BCUT2D eigenvalue weighted by atomic mass is 35.5. The van der Waals surface area contributed by atoms with Gasteiger partial charge in [-0.15, -0.1) is 23.4 Å². The number of nitriles is 1. The van der Waals surface area contributed by atoms with Crippen molar-refractivity contribution in [2.45, 2.75) is 4.90 Å². The first-order valence-electron chi connectivity index (χ1n) is 3.41. The number of halogens is 1. The predicted octanol–water partition coefficient (Wildman–Crippen LogP) is 2.28. The van der Waals surface area contributed by atoms with E-state index in [9.17, 15) is 0 Å². The normalized spacial score (nSPS) is 9.33. The maximum Gasteiger partial charge on any atom is 0.100 e. The van der Waals surface area contributed by atoms with Gasteiger partial charge in [0.05, 0.1) is 5.56 Å². The minimum absolute atomic E-state index is 0.588. The first-order chi connectivity index (χ1) is 5.88. The third-order valence-electron chi connectivity index (χ3n) is 1.24. The number of alkyl halides is 1. The van der Waals surface area contributed by atoms with Crippen LogP contribution in [-0.2, 0) is 0 Å². The van der Waals surface area contributed by atoms with Gasteiger partial charge in [-0.25, -0.2) is 0 Å². The average Bonchev–Trinajstić information content (AvgIpc) is 2.15. The van der Waals surface area contributed by atoms with Crippen LogP contribution in [0.2, 0.25) is 0 Å². The topological polar surface area (TPSA) is 36.7 Å². The number of thioether (sulfide) groups is 1. The highest BCUT2D eigenvalue weighted by Gasteiger charge is 2.00. The number of aromatic nitrogens is 1. The van der Waals surface area contributed by atoms with Crippen LogP contribution in [0.15, 0.2) is 23.4 Å². The molecule has 1 heterocycles. The maximum absolute atomic E-state index is 8.69. The second-order valence-corrected chi connectivity index (χ2v) is 3.54. The molecule has 0 fully saturated rings. The summed E-state index contributed by atoms with van der Waals surface area (Å²) in [6.45, 7) is 0. The van der Waals surface area contributed by atoms with Crippen LogP contribution >= 0.6 is 23.4 Å². The van der Waals surface area contributed by atoms with Crippen LogP contribution in [-0.4, -0.2) is 16.6 Å². The molecule has 0 aliphatic carbocycles. The Kier molecular flexibility index (Phi) is 3.92. The molecule has 1 aromatic rings. The molecule has 0 spiro atoms. The van der Waals surface area contributed by atoms with Gasteiger partial charge in [0.25, 0.3) is 0 Å². The van der Waals surface area contributed by atoms with E-state index in [4.69, 9.17) is 16.9 Å². The molecule has 0 atom stereocenters. The third kappa shape index (κ3) is 2.40. The molecule has 0 aromatic carbocycles. The quantitative estimate of drug-likeness (QED) is 0.553. The Morgan fingerprint density at radius 1 is 1.67 bits per heavy atom. The van der Waals surface area contributed by atoms with Gasteiger partial charge in [0.15, 0.2) is 0 Å². The van der Waals surface area contributed by atoms with E-state index < -0.39 is 0 Å². The highest BCUT2D eigenvalue weighted by molar-refractivity contribution is 7.99. The number of rotatable bonds is 3. The first kappa shape index (κ1) is 9.37. The van der Waals surface area contributed by atoms with Crippen LogP contribution in [0.4, 0.5) is 0 Å². The molecule has 1 rings (SSSR count). The monoisotopic (exact) mass is 198 g/mol. The summed E-state index contributed by atoms with van der Waals surface area (Å²) in [7, 11) is 0. The lowest BCUT2D eigenvalue weighted by molar-refractivity contribution is 1.21. The van der Waals surface area contributed by atoms with Crippen LogP contribution in [0.3, 0.4) is 0 Å². The summed E-state index contributed by atoms with van der Waals surface area (Å²) < 4.78 is 0. The second-order valence-electron chi connectivity index (χ2n) is 2.02. The molecule has 0 N–H and O–H groups in total. The minimum atomic E-state index is 0.588. The lowest BCUT2D eigenvalue weighted by Gasteiger charge is -1.99. The molecule has 0 saturated heterocycles. The summed E-state index contributed by atoms with van der Waals surface area (Å²) in [5, 5.41) is 8.69. The Bertz CT molecular complexity index is 295. The molecule has 2 nitrogen and oxygen atoms in total. The molecule has 0 aliphatic heterocycles. The van der Waals surface area contributed by atoms with Crippen molar-refractivity contribution in [3.63, 3.8) is 0 Å². The first-order valence-corrected chi connectivity index (χ1v) is 4.93. The summed E-state index contributed by atoms with van der Waals surface area (Å²) in [5.41, 5.74) is 0.667. The van der Waals surface area contributed by atoms with Crippen molar-refractivity contribution < 1.29 is 0 Å². The SMILES string of the molecule is N#Cc1ccncc1SCCCl. The van der Waals surface area contributed by atoms with E-state index in [0.717, 1.165) is 10.6 Å². The van der Waals surface area contributed by atoms with Gasteiger partial charge in [-0.3, -0.25) is 4.98 Å². The van der Waals surface area contributed by atoms with E-state index in [1.807, 2.05) is 0 Å². The van der Waals surface area contributed by atoms with Crippen molar-refractivity contribution in [1.29, 1.82) is 5.26 Å². The van der Waals surface area contributed by atoms with Gasteiger partial charge >= 0.3 is 0 Å². The molecule has 12 heavy (non-hydrogen) atoms. The Morgan fingerprint density at radius 2 is 2.50 bits per heavy atom. The Labute approximate surface area is 80.6 Å². The van der Waals surface area contributed by atoms with E-state index >= 15 is 0 Å². The molecule has 4 heteroatoms. The van der Waals surface area contributed by atoms with Crippen LogP contribution in [0.25, 0.3) is 0 Å². The minimum Gasteiger partial charge on any atom is -0.263 e. The third-order valence-corrected chi connectivity index (χ3v) is 2.70. The molecule has 0 radical (unpaired) electrons. The predicted molar refractivity (Wildman–Crippen MR) is 50.4 cm³/mol. The molecule has 62 valence electrons. The summed E-state index contributed by atoms with van der Waals surface area (Å²) in [4.78, 5) is 4.83. The Balaban J connectivity index is 2.77. The van der Waals surface area contributed by atoms with Gasteiger partial charge < -0.3 is 0 Å². The largest absolute Gasteiger partial charge is 0.263 e. The zero-order valence-electron chi connectivity index (χ0n) is 6.33. The molecule has 0 bridgehead atoms. The summed E-state index contributed by atoms with van der Waals surface area (Å²) in [6, 6.07) is 3.81. The fourth-order valence-electron chi connectivity index (χ4n) is 0.736. The van der Waals surface area contributed by atoms with Gasteiger partial charge in [0.2, 0.25) is 0 Å². The lowest BCUT2D eigenvalue weighted by Crippen LogP contribution is -1.85. The van der Waals surface area contributed by atoms with E-state index in [0.29, 0.717) is 11.4 Å². The summed E-state index contributed by atoms with van der Waals surface area (Å²) >= 11 is 7.08. The van der Waals surface area contributed by atoms with Crippen molar-refractivity contribution >= 4 is 23.4 Å². The van der Waals surface area contributed by atoms with Gasteiger partial charge in [0, 0.05) is 28.9 Å². The van der Waals surface area contributed by atoms with Crippen LogP contribution in [0.5, 0.6) is 0 Å². The highest BCUT2D eigenvalue weighted by Crippen LogP contribution is 2.20. The van der Waals surface area contributed by atoms with Gasteiger partial charge in [-0.2, -0.15) is 5.26 Å². The summed E-state index contributed by atoms with van der Waals surface area (Å²) in [5.74, 6) is 1.40. The van der Waals surface area contributed by atoms with Crippen LogP contribution in [0, 0.1) is 11.3 Å². The van der Waals surface area contributed by atoms with Gasteiger partial charge in [-0.1, -0.05) is 0 Å². The molecule has 0 amide bonds. The van der Waals surface area contributed by atoms with Crippen molar-refractivity contribution in [3.8, 4) is 6.07 Å². The zero-order chi connectivity index (χ0) is 8.81. The molecule has 1 aromatic heterocycles. The van der Waals surface area contributed by atoms with E-state index in [-0.39, 0.29) is 0 Å². The number of hydrogen-bond acceptors (Lipinski definition) is 3. The molecule has 0 saturated carbocycles. The number of nitrogens with zero attached hydrogens (tertiary/aromatic N) is 2. The van der Waals surface area contributed by atoms with Gasteiger partial charge in [-0.05, 0) is 6.07 Å². The average molecular weight is 199 g/mol.